The van der Waals surface area contributed by atoms with Crippen LogP contribution < -0.4 is 26.6 Å². The zero-order valence-corrected chi connectivity index (χ0v) is 33.3. The van der Waals surface area contributed by atoms with Gasteiger partial charge in [0.05, 0.1) is 42.6 Å². The number of aryl methyl sites for hydroxylation is 1. The number of phenolic OH excluding ortho intramolecular Hbond substituents is 3. The van der Waals surface area contributed by atoms with Crippen molar-refractivity contribution in [3.8, 4) is 34.1 Å². The molecule has 3 aromatic rings. The summed E-state index contributed by atoms with van der Waals surface area (Å²) in [7, 11) is 2.81. The zero-order valence-electron chi connectivity index (χ0n) is 33.3. The number of nitrogens with one attached hydrogen (secondary N) is 3. The molecule has 0 spiro atoms. The zero-order chi connectivity index (χ0) is 44.5. The lowest BCUT2D eigenvalue weighted by Gasteiger charge is -2.47. The highest BCUT2D eigenvalue weighted by molar-refractivity contribution is 6.31. The van der Waals surface area contributed by atoms with Gasteiger partial charge < -0.3 is 75.2 Å². The van der Waals surface area contributed by atoms with E-state index in [2.05, 4.69) is 10.6 Å². The van der Waals surface area contributed by atoms with Crippen LogP contribution in [-0.2, 0) is 23.7 Å². The highest BCUT2D eigenvalue weighted by Gasteiger charge is 2.51. The molecule has 2 aliphatic carbocycles. The van der Waals surface area contributed by atoms with Crippen LogP contribution in [0.4, 0.5) is 0 Å². The van der Waals surface area contributed by atoms with Crippen LogP contribution in [0.15, 0.2) is 24.3 Å². The summed E-state index contributed by atoms with van der Waals surface area (Å²) >= 11 is 0. The van der Waals surface area contributed by atoms with Crippen molar-refractivity contribution in [1.82, 2.24) is 16.1 Å². The predicted molar refractivity (Wildman–Crippen MR) is 205 cm³/mol. The van der Waals surface area contributed by atoms with Gasteiger partial charge in [0.25, 0.3) is 11.8 Å². The summed E-state index contributed by atoms with van der Waals surface area (Å²) in [6.07, 6.45) is -15.5. The van der Waals surface area contributed by atoms with E-state index in [0.29, 0.717) is 0 Å². The molecule has 4 aliphatic rings. The first-order valence-electron chi connectivity index (χ1n) is 19.1. The van der Waals surface area contributed by atoms with E-state index in [0.717, 1.165) is 12.1 Å². The molecule has 2 saturated heterocycles. The number of aromatic hydroxyl groups is 3. The second kappa shape index (κ2) is 16.5. The average molecular weight is 855 g/mol. The highest BCUT2D eigenvalue weighted by Crippen LogP contribution is 2.57. The largest absolute Gasteiger partial charge is 0.507 e. The summed E-state index contributed by atoms with van der Waals surface area (Å²) in [4.78, 5) is 54.1. The summed E-state index contributed by atoms with van der Waals surface area (Å²) in [5.74, 6) is -0.620. The van der Waals surface area contributed by atoms with Gasteiger partial charge in [0, 0.05) is 28.3 Å². The minimum absolute atomic E-state index is 0.0225. The number of aliphatic hydroxyl groups excluding tert-OH is 5. The number of nitrogens with two attached hydrogens (primary N) is 1. The molecule has 0 radical (unpaired) electrons. The average Bonchev–Trinajstić information content (AvgIpc) is 3.22. The number of benzene rings is 3. The van der Waals surface area contributed by atoms with Crippen molar-refractivity contribution < 1.29 is 83.7 Å². The Kier molecular flexibility index (Phi) is 11.9. The van der Waals surface area contributed by atoms with Crippen molar-refractivity contribution >= 4 is 23.4 Å². The number of methoxy groups -OCH3 is 1. The van der Waals surface area contributed by atoms with Gasteiger partial charge in [-0.15, -0.1) is 0 Å². The number of fused-ring (bicyclic) bond motifs is 5. The van der Waals surface area contributed by atoms with Gasteiger partial charge in [-0.2, -0.15) is 0 Å². The molecule has 2 amide bonds. The third-order valence-corrected chi connectivity index (χ3v) is 11.6. The number of hydrazine groups is 1. The fourth-order valence-electron chi connectivity index (χ4n) is 8.43. The first-order chi connectivity index (χ1) is 28.9. The first kappa shape index (κ1) is 43.8. The van der Waals surface area contributed by atoms with E-state index >= 15 is 0 Å². The number of hydrogen-bond donors (Lipinski definition) is 12. The van der Waals surface area contributed by atoms with Crippen molar-refractivity contribution in [3.63, 3.8) is 0 Å². The lowest BCUT2D eigenvalue weighted by atomic mass is 9.74. The van der Waals surface area contributed by atoms with Gasteiger partial charge in [0.15, 0.2) is 24.1 Å². The third-order valence-electron chi connectivity index (χ3n) is 11.6. The molecular formula is C40H46N4O17. The summed E-state index contributed by atoms with van der Waals surface area (Å²) < 4.78 is 29.0. The molecule has 0 bridgehead atoms. The molecule has 61 heavy (non-hydrogen) atoms. The number of phenols is 3. The molecule has 21 heteroatoms. The number of rotatable bonds is 9. The Hall–Kier alpha value is -5.30. The Morgan fingerprint density at radius 1 is 0.852 bits per heavy atom. The summed E-state index contributed by atoms with van der Waals surface area (Å²) in [5, 5.41) is 95.2. The Bertz CT molecular complexity index is 2310. The maximum absolute atomic E-state index is 14.1. The van der Waals surface area contributed by atoms with Crippen LogP contribution in [0.1, 0.15) is 84.9 Å². The third kappa shape index (κ3) is 7.16. The second-order valence-corrected chi connectivity index (χ2v) is 15.3. The molecule has 328 valence electrons. The van der Waals surface area contributed by atoms with Crippen molar-refractivity contribution in [2.75, 3.05) is 20.8 Å². The molecule has 12 atom stereocenters. The lowest BCUT2D eigenvalue weighted by Crippen LogP contribution is -2.65. The van der Waals surface area contributed by atoms with Crippen LogP contribution in [0.5, 0.6) is 23.0 Å². The SMILES string of the molecule is CN[C@@H]1[C@H](O[C@@H]2OC[C@@H](O)[C@H](O)[C@H]2O)[C@@H](O)[C@H](O[C@H]2c3cc(C)c(C(=O)N[C@H](C)C(=O)NN)c(O)c3-c3c(cc4c(c3O)C(=O)c3cc(OC)cc(O)c3C4=O)[C@@H]2O)O[C@@H]1C. The second-order valence-electron chi connectivity index (χ2n) is 15.3. The van der Waals surface area contributed by atoms with Crippen molar-refractivity contribution in [2.45, 2.75) is 94.3 Å². The van der Waals surface area contributed by atoms with Gasteiger partial charge in [0.1, 0.15) is 71.8 Å². The standard InChI is InChI=1S/C40H46N4O17/c1-11-6-18-24(31(51)21(11)38(56)43-12(2)37(55)44-41)23-16(9-17-25(32(23)52)28(48)15-7-14(57-5)8-19(45)22(15)27(17)47)29(49)35(18)60-40-34(54)36(26(42-4)13(3)59-40)61-39-33(53)30(50)20(46)10-58-39/h6-9,12-13,20,26,29-30,33-36,39-40,42,45-46,49-54H,10,41H2,1-5H3,(H,43,56)(H,44,55)/t12-,13-,20-,26+,29+,30+,33-,34-,35+,36+,39+,40+/m1/s1. The molecule has 13 N–H and O–H groups in total. The van der Waals surface area contributed by atoms with Crippen LogP contribution in [0.2, 0.25) is 0 Å². The summed E-state index contributed by atoms with van der Waals surface area (Å²) in [6, 6.07) is 2.73. The fraction of sp³-hybridized carbons (Fsp3) is 0.450. The quantitative estimate of drug-likeness (QED) is 0.0507. The number of aliphatic hydroxyl groups is 5. The van der Waals surface area contributed by atoms with Crippen molar-refractivity contribution in [2.24, 2.45) is 5.84 Å². The smallest absolute Gasteiger partial charge is 0.256 e. The van der Waals surface area contributed by atoms with Gasteiger partial charge in [0.2, 0.25) is 0 Å². The maximum atomic E-state index is 14.1. The van der Waals surface area contributed by atoms with Crippen molar-refractivity contribution in [1.29, 1.82) is 0 Å². The summed E-state index contributed by atoms with van der Waals surface area (Å²) in [6.45, 7) is 3.94. The summed E-state index contributed by atoms with van der Waals surface area (Å²) in [5.41, 5.74) is -1.24. The molecule has 2 fully saturated rings. The number of amides is 2. The highest BCUT2D eigenvalue weighted by atomic mass is 16.7. The fourth-order valence-corrected chi connectivity index (χ4v) is 8.43. The van der Waals surface area contributed by atoms with Crippen molar-refractivity contribution in [3.05, 3.63) is 68.8 Å². The maximum Gasteiger partial charge on any atom is 0.256 e. The van der Waals surface area contributed by atoms with E-state index in [4.69, 9.17) is 29.5 Å². The molecule has 0 unspecified atom stereocenters. The van der Waals surface area contributed by atoms with Crippen LogP contribution in [-0.4, -0.2) is 146 Å². The minimum Gasteiger partial charge on any atom is -0.507 e. The van der Waals surface area contributed by atoms with Gasteiger partial charge in [-0.1, -0.05) is 6.07 Å². The van der Waals surface area contributed by atoms with E-state index in [1.54, 1.807) is 14.0 Å². The molecule has 7 rings (SSSR count). The van der Waals surface area contributed by atoms with Gasteiger partial charge in [-0.3, -0.25) is 24.6 Å². The van der Waals surface area contributed by atoms with Crippen LogP contribution in [0.3, 0.4) is 0 Å². The number of carbonyl (C=O) groups is 4. The van der Waals surface area contributed by atoms with E-state index in [1.807, 2.05) is 5.43 Å². The van der Waals surface area contributed by atoms with Gasteiger partial charge in [-0.05, 0) is 56.6 Å². The molecule has 0 saturated carbocycles. The Morgan fingerprint density at radius 2 is 1.51 bits per heavy atom. The number of ether oxygens (including phenoxy) is 5. The molecular weight excluding hydrogens is 808 g/mol. The minimum atomic E-state index is -1.88. The normalized spacial score (nSPS) is 29.7. The molecule has 21 nitrogen and oxygen atoms in total. The van der Waals surface area contributed by atoms with E-state index in [1.165, 1.54) is 33.1 Å². The van der Waals surface area contributed by atoms with E-state index in [9.17, 15) is 60.0 Å². The van der Waals surface area contributed by atoms with Crippen LogP contribution >= 0.6 is 0 Å². The molecule has 2 aliphatic heterocycles. The Balaban J connectivity index is 1.37. The Labute approximate surface area is 346 Å². The van der Waals surface area contributed by atoms with Gasteiger partial charge in [-0.25, -0.2) is 5.84 Å². The van der Waals surface area contributed by atoms with E-state index in [-0.39, 0.29) is 39.1 Å². The number of likely N-dealkylation sites (N-methyl/N-ethyl adjacent to an activating group) is 1. The van der Waals surface area contributed by atoms with Gasteiger partial charge >= 0.3 is 0 Å². The van der Waals surface area contributed by atoms with Crippen LogP contribution in [0.25, 0.3) is 11.1 Å². The number of ketones is 2. The van der Waals surface area contributed by atoms with Crippen LogP contribution in [0, 0.1) is 6.92 Å². The molecule has 2 heterocycles. The molecule has 3 aromatic carbocycles. The number of hydrogen-bond acceptors (Lipinski definition) is 19. The Morgan fingerprint density at radius 3 is 2.16 bits per heavy atom. The first-order valence-corrected chi connectivity index (χ1v) is 19.1. The molecule has 0 aromatic heterocycles. The monoisotopic (exact) mass is 854 g/mol. The topological polar surface area (TPSA) is 338 Å². The number of carbonyl (C=O) groups excluding carboxylic acids is 4. The van der Waals surface area contributed by atoms with E-state index < -0.39 is 143 Å². The predicted octanol–water partition coefficient (Wildman–Crippen LogP) is -1.71. The lowest BCUT2D eigenvalue weighted by molar-refractivity contribution is -0.339.